The minimum absolute atomic E-state index is 0.145. The lowest BCUT2D eigenvalue weighted by Gasteiger charge is -2.16. The van der Waals surface area contributed by atoms with Crippen molar-refractivity contribution >= 4 is 11.2 Å². The Morgan fingerprint density at radius 3 is 2.79 bits per heavy atom. The minimum Gasteiger partial charge on any atom is -0.394 e. The van der Waals surface area contributed by atoms with E-state index in [2.05, 4.69) is 21.9 Å². The number of aromatic amines is 1. The number of imidazole rings is 1. The quantitative estimate of drug-likeness (QED) is 0.520. The van der Waals surface area contributed by atoms with Crippen molar-refractivity contribution in [3.05, 3.63) is 22.5 Å². The summed E-state index contributed by atoms with van der Waals surface area (Å²) in [5.74, 6) is 0.550. The molecule has 3 rings (SSSR count). The molecule has 24 heavy (non-hydrogen) atoms. The van der Waals surface area contributed by atoms with Crippen molar-refractivity contribution < 1.29 is 20.1 Å². The zero-order valence-electron chi connectivity index (χ0n) is 13.4. The highest BCUT2D eigenvalue weighted by atomic mass is 16.6. The van der Waals surface area contributed by atoms with Gasteiger partial charge in [0.2, 0.25) is 0 Å². The molecule has 4 unspecified atom stereocenters. The van der Waals surface area contributed by atoms with Gasteiger partial charge in [0.25, 0.3) is 5.56 Å². The van der Waals surface area contributed by atoms with Crippen molar-refractivity contribution in [1.82, 2.24) is 19.5 Å². The number of nitrogens with zero attached hydrogens (tertiary/aromatic N) is 3. The fourth-order valence-electron chi connectivity index (χ4n) is 2.93. The lowest BCUT2D eigenvalue weighted by atomic mass is 10.1. The predicted octanol–water partition coefficient (Wildman–Crippen LogP) is -0.536. The summed E-state index contributed by atoms with van der Waals surface area (Å²) in [5, 5.41) is 29.2. The van der Waals surface area contributed by atoms with Gasteiger partial charge in [-0.25, -0.2) is 9.97 Å². The second-order valence-corrected chi connectivity index (χ2v) is 6.02. The van der Waals surface area contributed by atoms with Gasteiger partial charge in [-0.05, 0) is 6.42 Å². The molecule has 0 amide bonds. The summed E-state index contributed by atoms with van der Waals surface area (Å²) < 4.78 is 6.91. The summed E-state index contributed by atoms with van der Waals surface area (Å²) in [6.45, 7) is 1.67. The van der Waals surface area contributed by atoms with Gasteiger partial charge in [0, 0.05) is 6.42 Å². The highest BCUT2D eigenvalue weighted by molar-refractivity contribution is 5.69. The molecule has 0 bridgehead atoms. The molecule has 3 heterocycles. The third kappa shape index (κ3) is 2.95. The van der Waals surface area contributed by atoms with E-state index >= 15 is 0 Å². The average molecular weight is 338 g/mol. The van der Waals surface area contributed by atoms with Gasteiger partial charge in [0.1, 0.15) is 24.1 Å². The number of unbranched alkanes of at least 4 members (excludes halogenated alkanes) is 2. The molecule has 0 spiro atoms. The van der Waals surface area contributed by atoms with Gasteiger partial charge >= 0.3 is 0 Å². The molecule has 0 aromatic carbocycles. The molecule has 1 fully saturated rings. The molecule has 2 aromatic heterocycles. The molecule has 2 aromatic rings. The van der Waals surface area contributed by atoms with E-state index in [0.29, 0.717) is 17.9 Å². The van der Waals surface area contributed by atoms with Crippen LogP contribution in [0.2, 0.25) is 0 Å². The highest BCUT2D eigenvalue weighted by Crippen LogP contribution is 2.30. The van der Waals surface area contributed by atoms with Crippen LogP contribution in [0.4, 0.5) is 0 Å². The monoisotopic (exact) mass is 338 g/mol. The van der Waals surface area contributed by atoms with Gasteiger partial charge in [0.15, 0.2) is 17.4 Å². The lowest BCUT2D eigenvalue weighted by molar-refractivity contribution is -0.0511. The first-order chi connectivity index (χ1) is 11.6. The molecule has 9 heteroatoms. The van der Waals surface area contributed by atoms with E-state index in [1.165, 1.54) is 10.9 Å². The van der Waals surface area contributed by atoms with Gasteiger partial charge in [-0.15, -0.1) is 0 Å². The fourth-order valence-corrected chi connectivity index (χ4v) is 2.93. The lowest BCUT2D eigenvalue weighted by Crippen LogP contribution is -2.33. The normalized spacial score (nSPS) is 27.2. The zero-order chi connectivity index (χ0) is 17.3. The van der Waals surface area contributed by atoms with Gasteiger partial charge in [-0.3, -0.25) is 9.36 Å². The molecule has 0 radical (unpaired) electrons. The summed E-state index contributed by atoms with van der Waals surface area (Å²) in [6.07, 6.45) is 0.681. The number of aliphatic hydroxyl groups is 3. The second kappa shape index (κ2) is 6.98. The Morgan fingerprint density at radius 2 is 2.12 bits per heavy atom. The van der Waals surface area contributed by atoms with Crippen LogP contribution in [0.5, 0.6) is 0 Å². The number of aromatic nitrogens is 4. The summed E-state index contributed by atoms with van der Waals surface area (Å²) in [7, 11) is 0. The molecule has 0 saturated carbocycles. The minimum atomic E-state index is -1.25. The van der Waals surface area contributed by atoms with Crippen LogP contribution in [0.15, 0.2) is 11.1 Å². The van der Waals surface area contributed by atoms with Crippen molar-refractivity contribution in [3.8, 4) is 0 Å². The number of hydrogen-bond donors (Lipinski definition) is 4. The summed E-state index contributed by atoms with van der Waals surface area (Å²) in [4.78, 5) is 23.3. The number of fused-ring (bicyclic) bond motifs is 1. The standard InChI is InChI=1S/C15H22N4O5/c1-2-3-4-5-9-17-13-10(14(23)18-9)16-7-19(13)15-12(22)11(21)8(6-20)24-15/h7-8,11-12,15,20-22H,2-6H2,1H3,(H,17,18,23). The average Bonchev–Trinajstić information content (AvgIpc) is 3.10. The van der Waals surface area contributed by atoms with Crippen LogP contribution in [0.3, 0.4) is 0 Å². The predicted molar refractivity (Wildman–Crippen MR) is 84.4 cm³/mol. The van der Waals surface area contributed by atoms with E-state index in [1.54, 1.807) is 0 Å². The zero-order valence-corrected chi connectivity index (χ0v) is 13.4. The number of rotatable bonds is 6. The number of ether oxygens (including phenoxy) is 1. The molecular formula is C15H22N4O5. The Balaban J connectivity index is 1.95. The summed E-state index contributed by atoms with van der Waals surface area (Å²) in [6, 6.07) is 0. The second-order valence-electron chi connectivity index (χ2n) is 6.02. The van der Waals surface area contributed by atoms with Gasteiger partial charge in [-0.2, -0.15) is 0 Å². The number of H-pyrrole nitrogens is 1. The van der Waals surface area contributed by atoms with Crippen molar-refractivity contribution in [2.45, 2.75) is 57.1 Å². The van der Waals surface area contributed by atoms with Crippen molar-refractivity contribution in [2.75, 3.05) is 6.61 Å². The summed E-state index contributed by atoms with van der Waals surface area (Å²) in [5.41, 5.74) is 0.0871. The smallest absolute Gasteiger partial charge is 0.279 e. The number of aliphatic hydroxyl groups excluding tert-OH is 3. The molecular weight excluding hydrogens is 316 g/mol. The molecule has 4 atom stereocenters. The van der Waals surface area contributed by atoms with E-state index in [0.717, 1.165) is 19.3 Å². The maximum atomic E-state index is 12.2. The van der Waals surface area contributed by atoms with Crippen LogP contribution in [-0.2, 0) is 11.2 Å². The Bertz CT molecular complexity index is 758. The van der Waals surface area contributed by atoms with Crippen LogP contribution in [0, 0.1) is 0 Å². The molecule has 0 aliphatic carbocycles. The van der Waals surface area contributed by atoms with Crippen molar-refractivity contribution in [1.29, 1.82) is 0 Å². The molecule has 1 saturated heterocycles. The fraction of sp³-hybridized carbons (Fsp3) is 0.667. The van der Waals surface area contributed by atoms with E-state index in [9.17, 15) is 20.1 Å². The van der Waals surface area contributed by atoms with Gasteiger partial charge < -0.3 is 25.0 Å². The SMILES string of the molecule is CCCCCc1nc2c(ncn2C2OC(CO)C(O)C2O)c(=O)[nH]1. The first kappa shape index (κ1) is 17.0. The van der Waals surface area contributed by atoms with E-state index < -0.39 is 31.1 Å². The Labute approximate surface area is 137 Å². The number of hydrogen-bond acceptors (Lipinski definition) is 7. The molecule has 1 aliphatic heterocycles. The largest absolute Gasteiger partial charge is 0.394 e. The van der Waals surface area contributed by atoms with E-state index in [1.807, 2.05) is 0 Å². The van der Waals surface area contributed by atoms with Crippen LogP contribution in [-0.4, -0.2) is 59.8 Å². The number of nitrogens with one attached hydrogen (secondary N) is 1. The van der Waals surface area contributed by atoms with Crippen molar-refractivity contribution in [2.24, 2.45) is 0 Å². The van der Waals surface area contributed by atoms with E-state index in [-0.39, 0.29) is 11.1 Å². The number of aryl methyl sites for hydroxylation is 1. The van der Waals surface area contributed by atoms with Crippen LogP contribution in [0.1, 0.15) is 38.2 Å². The topological polar surface area (TPSA) is 133 Å². The van der Waals surface area contributed by atoms with Crippen LogP contribution >= 0.6 is 0 Å². The maximum absolute atomic E-state index is 12.2. The third-order valence-corrected chi connectivity index (χ3v) is 4.29. The Morgan fingerprint density at radius 1 is 1.33 bits per heavy atom. The first-order valence-corrected chi connectivity index (χ1v) is 8.15. The Kier molecular flexibility index (Phi) is 4.95. The molecule has 132 valence electrons. The van der Waals surface area contributed by atoms with Crippen molar-refractivity contribution in [3.63, 3.8) is 0 Å². The first-order valence-electron chi connectivity index (χ1n) is 8.15. The molecule has 4 N–H and O–H groups in total. The molecule has 9 nitrogen and oxygen atoms in total. The highest BCUT2D eigenvalue weighted by Gasteiger charge is 2.44. The van der Waals surface area contributed by atoms with Gasteiger partial charge in [0.05, 0.1) is 12.9 Å². The van der Waals surface area contributed by atoms with Crippen LogP contribution in [0.25, 0.3) is 11.2 Å². The summed E-state index contributed by atoms with van der Waals surface area (Å²) >= 11 is 0. The van der Waals surface area contributed by atoms with E-state index in [4.69, 9.17) is 4.74 Å². The Hall–Kier alpha value is -1.81. The molecule has 1 aliphatic rings. The van der Waals surface area contributed by atoms with Gasteiger partial charge in [-0.1, -0.05) is 19.8 Å². The maximum Gasteiger partial charge on any atom is 0.279 e. The third-order valence-electron chi connectivity index (χ3n) is 4.29. The van der Waals surface area contributed by atoms with Crippen LogP contribution < -0.4 is 5.56 Å².